The summed E-state index contributed by atoms with van der Waals surface area (Å²) in [5, 5.41) is 9.55. The number of ether oxygens (including phenoxy) is 2. The van der Waals surface area contributed by atoms with Crippen LogP contribution in [0.5, 0.6) is 0 Å². The minimum Gasteiger partial charge on any atom is -0.440 e. The molecular formula is C13H19N5O4. The number of imidazole rings is 1. The van der Waals surface area contributed by atoms with Gasteiger partial charge in [0.15, 0.2) is 29.6 Å². The molecule has 0 saturated heterocycles. The van der Waals surface area contributed by atoms with Crippen LogP contribution in [-0.2, 0) is 14.3 Å². The molecule has 120 valence electrons. The molecule has 1 unspecified atom stereocenters. The first-order valence-corrected chi connectivity index (χ1v) is 6.72. The summed E-state index contributed by atoms with van der Waals surface area (Å²) in [4.78, 5) is 24.0. The van der Waals surface area contributed by atoms with Gasteiger partial charge in [-0.3, -0.25) is 4.57 Å². The van der Waals surface area contributed by atoms with Crippen LogP contribution in [0.15, 0.2) is 12.7 Å². The van der Waals surface area contributed by atoms with Gasteiger partial charge in [0.05, 0.1) is 0 Å². The summed E-state index contributed by atoms with van der Waals surface area (Å²) in [5.74, 6) is -1.79. The fourth-order valence-corrected chi connectivity index (χ4v) is 1.94. The summed E-state index contributed by atoms with van der Waals surface area (Å²) >= 11 is 0. The SMILES string of the molecule is CC(OC(C)(C)O)C(=O)O[C@H](C)n1cnc2c(N)ncnc21. The van der Waals surface area contributed by atoms with E-state index in [1.54, 1.807) is 11.5 Å². The Labute approximate surface area is 127 Å². The van der Waals surface area contributed by atoms with Crippen LogP contribution < -0.4 is 5.73 Å². The van der Waals surface area contributed by atoms with E-state index in [0.29, 0.717) is 11.2 Å². The van der Waals surface area contributed by atoms with Gasteiger partial charge < -0.3 is 20.3 Å². The highest BCUT2D eigenvalue weighted by Crippen LogP contribution is 2.20. The summed E-state index contributed by atoms with van der Waals surface area (Å²) < 4.78 is 12.0. The molecule has 2 atom stereocenters. The van der Waals surface area contributed by atoms with Crippen molar-refractivity contribution in [1.82, 2.24) is 19.5 Å². The standard InChI is InChI=1S/C13H19N5O4/c1-7(22-13(3,4)20)12(19)21-8(2)18-6-17-9-10(14)15-5-16-11(9)18/h5-8,20H,1-4H3,(H2,14,15,16)/t7?,8-/m1/s1. The predicted octanol–water partition coefficient (Wildman–Crippen LogP) is 0.604. The Hall–Kier alpha value is -2.26. The van der Waals surface area contributed by atoms with Gasteiger partial charge in [-0.2, -0.15) is 0 Å². The van der Waals surface area contributed by atoms with Crippen LogP contribution in [0.25, 0.3) is 11.2 Å². The van der Waals surface area contributed by atoms with Gasteiger partial charge in [-0.25, -0.2) is 19.7 Å². The smallest absolute Gasteiger partial charge is 0.337 e. The number of carbonyl (C=O) groups is 1. The fraction of sp³-hybridized carbons (Fsp3) is 0.538. The fourth-order valence-electron chi connectivity index (χ4n) is 1.94. The number of carbonyl (C=O) groups excluding carboxylic acids is 1. The lowest BCUT2D eigenvalue weighted by atomic mass is 10.3. The third-order valence-electron chi connectivity index (χ3n) is 2.86. The number of anilines is 1. The molecule has 0 amide bonds. The third kappa shape index (κ3) is 3.49. The first-order valence-electron chi connectivity index (χ1n) is 6.72. The van der Waals surface area contributed by atoms with Crippen LogP contribution in [0.3, 0.4) is 0 Å². The van der Waals surface area contributed by atoms with Crippen LogP contribution in [0.4, 0.5) is 5.82 Å². The molecule has 0 aromatic carbocycles. The zero-order chi connectivity index (χ0) is 16.5. The average Bonchev–Trinajstić information content (AvgIpc) is 2.82. The second kappa shape index (κ2) is 5.85. The highest BCUT2D eigenvalue weighted by atomic mass is 16.7. The summed E-state index contributed by atoms with van der Waals surface area (Å²) in [6, 6.07) is 0. The summed E-state index contributed by atoms with van der Waals surface area (Å²) in [7, 11) is 0. The summed E-state index contributed by atoms with van der Waals surface area (Å²) in [5.41, 5.74) is 6.60. The molecule has 0 saturated carbocycles. The largest absolute Gasteiger partial charge is 0.440 e. The van der Waals surface area contributed by atoms with E-state index >= 15 is 0 Å². The molecule has 9 nitrogen and oxygen atoms in total. The van der Waals surface area contributed by atoms with Gasteiger partial charge in [-0.15, -0.1) is 0 Å². The van der Waals surface area contributed by atoms with Crippen LogP contribution >= 0.6 is 0 Å². The molecule has 0 radical (unpaired) electrons. The average molecular weight is 309 g/mol. The van der Waals surface area contributed by atoms with E-state index in [1.165, 1.54) is 33.4 Å². The van der Waals surface area contributed by atoms with E-state index in [0.717, 1.165) is 0 Å². The lowest BCUT2D eigenvalue weighted by Gasteiger charge is -2.24. The normalized spacial score (nSPS) is 14.8. The van der Waals surface area contributed by atoms with E-state index in [1.807, 2.05) is 0 Å². The number of nitrogens with zero attached hydrogens (tertiary/aromatic N) is 4. The molecule has 0 fully saturated rings. The Morgan fingerprint density at radius 2 is 2.05 bits per heavy atom. The Morgan fingerprint density at radius 1 is 1.36 bits per heavy atom. The van der Waals surface area contributed by atoms with Gasteiger partial charge in [0.25, 0.3) is 0 Å². The Balaban J connectivity index is 2.13. The van der Waals surface area contributed by atoms with Crippen LogP contribution in [0.2, 0.25) is 0 Å². The van der Waals surface area contributed by atoms with Gasteiger partial charge >= 0.3 is 5.97 Å². The van der Waals surface area contributed by atoms with Crippen molar-refractivity contribution >= 4 is 23.0 Å². The van der Waals surface area contributed by atoms with Crippen LogP contribution in [-0.4, -0.2) is 42.5 Å². The molecule has 2 aromatic heterocycles. The lowest BCUT2D eigenvalue weighted by molar-refractivity contribution is -0.217. The zero-order valence-electron chi connectivity index (χ0n) is 12.8. The molecule has 0 aliphatic rings. The van der Waals surface area contributed by atoms with Crippen molar-refractivity contribution in [3.05, 3.63) is 12.7 Å². The molecule has 3 N–H and O–H groups in total. The monoisotopic (exact) mass is 309 g/mol. The second-order valence-corrected chi connectivity index (χ2v) is 5.33. The van der Waals surface area contributed by atoms with E-state index in [9.17, 15) is 9.90 Å². The number of hydrogen-bond donors (Lipinski definition) is 2. The first-order chi connectivity index (χ1) is 10.2. The number of rotatable bonds is 5. The van der Waals surface area contributed by atoms with Crippen molar-refractivity contribution in [2.75, 3.05) is 5.73 Å². The molecule has 2 heterocycles. The maximum absolute atomic E-state index is 12.0. The maximum atomic E-state index is 12.0. The van der Waals surface area contributed by atoms with E-state index in [-0.39, 0.29) is 5.82 Å². The number of nitrogens with two attached hydrogens (primary N) is 1. The van der Waals surface area contributed by atoms with E-state index in [2.05, 4.69) is 15.0 Å². The van der Waals surface area contributed by atoms with Gasteiger partial charge in [0.1, 0.15) is 18.2 Å². The van der Waals surface area contributed by atoms with Crippen LogP contribution in [0, 0.1) is 0 Å². The molecule has 2 aromatic rings. The van der Waals surface area contributed by atoms with E-state index in [4.69, 9.17) is 15.2 Å². The van der Waals surface area contributed by atoms with E-state index < -0.39 is 24.1 Å². The molecule has 2 rings (SSSR count). The molecule has 0 aliphatic heterocycles. The molecular weight excluding hydrogens is 290 g/mol. The molecule has 0 bridgehead atoms. The summed E-state index contributed by atoms with van der Waals surface area (Å²) in [6.45, 7) is 6.03. The number of nitrogen functional groups attached to an aromatic ring is 1. The van der Waals surface area contributed by atoms with Gasteiger partial charge in [-0.05, 0) is 27.7 Å². The number of aliphatic hydroxyl groups is 1. The van der Waals surface area contributed by atoms with Crippen LogP contribution in [0.1, 0.15) is 33.9 Å². The van der Waals surface area contributed by atoms with Crippen molar-refractivity contribution in [3.8, 4) is 0 Å². The van der Waals surface area contributed by atoms with Crippen molar-refractivity contribution < 1.29 is 19.4 Å². The highest BCUT2D eigenvalue weighted by Gasteiger charge is 2.26. The van der Waals surface area contributed by atoms with Crippen molar-refractivity contribution in [2.45, 2.75) is 45.8 Å². The third-order valence-corrected chi connectivity index (χ3v) is 2.86. The quantitative estimate of drug-likeness (QED) is 0.607. The molecule has 22 heavy (non-hydrogen) atoms. The summed E-state index contributed by atoms with van der Waals surface area (Å²) in [6.07, 6.45) is 1.19. The Bertz CT molecular complexity index is 679. The number of fused-ring (bicyclic) bond motifs is 1. The topological polar surface area (TPSA) is 125 Å². The molecule has 0 spiro atoms. The van der Waals surface area contributed by atoms with Gasteiger partial charge in [0, 0.05) is 0 Å². The predicted molar refractivity (Wildman–Crippen MR) is 77.4 cm³/mol. The molecule has 0 aliphatic carbocycles. The number of hydrogen-bond acceptors (Lipinski definition) is 8. The molecule has 9 heteroatoms. The van der Waals surface area contributed by atoms with Crippen molar-refractivity contribution in [1.29, 1.82) is 0 Å². The lowest BCUT2D eigenvalue weighted by Crippen LogP contribution is -2.35. The second-order valence-electron chi connectivity index (χ2n) is 5.33. The number of aromatic nitrogens is 4. The zero-order valence-corrected chi connectivity index (χ0v) is 12.8. The minimum atomic E-state index is -1.43. The highest BCUT2D eigenvalue weighted by molar-refractivity contribution is 5.81. The first kappa shape index (κ1) is 16.1. The maximum Gasteiger partial charge on any atom is 0.337 e. The number of esters is 1. The van der Waals surface area contributed by atoms with Gasteiger partial charge in [-0.1, -0.05) is 0 Å². The van der Waals surface area contributed by atoms with Crippen molar-refractivity contribution in [2.24, 2.45) is 0 Å². The van der Waals surface area contributed by atoms with Crippen molar-refractivity contribution in [3.63, 3.8) is 0 Å². The Morgan fingerprint density at radius 3 is 2.68 bits per heavy atom. The minimum absolute atomic E-state index is 0.251. The van der Waals surface area contributed by atoms with Gasteiger partial charge in [0.2, 0.25) is 0 Å². The Kier molecular flexibility index (Phi) is 4.29.